The highest BCUT2D eigenvalue weighted by atomic mass is 19.4. The Balaban J connectivity index is 2.85. The van der Waals surface area contributed by atoms with Crippen LogP contribution in [0.3, 0.4) is 0 Å². The molecule has 0 atom stereocenters. The van der Waals surface area contributed by atoms with Crippen LogP contribution in [0, 0.1) is 0 Å². The van der Waals surface area contributed by atoms with Gasteiger partial charge in [-0.1, -0.05) is 13.0 Å². The van der Waals surface area contributed by atoms with Crippen molar-refractivity contribution in [3.05, 3.63) is 35.2 Å². The molecule has 1 aliphatic rings. The molecular weight excluding hydrogens is 283 g/mol. The molecule has 1 aliphatic carbocycles. The highest BCUT2D eigenvalue weighted by Gasteiger charge is 2.35. The third-order valence-corrected chi connectivity index (χ3v) is 2.81. The van der Waals surface area contributed by atoms with Gasteiger partial charge in [0.25, 0.3) is 0 Å². The molecule has 0 saturated heterocycles. The molecule has 0 aliphatic heterocycles. The Hall–Kier alpha value is -1.76. The molecule has 0 radical (unpaired) electrons. The van der Waals surface area contributed by atoms with Crippen LogP contribution >= 0.6 is 0 Å². The Labute approximate surface area is 122 Å². The summed E-state index contributed by atoms with van der Waals surface area (Å²) in [5.41, 5.74) is -0.236. The maximum absolute atomic E-state index is 13.1. The van der Waals surface area contributed by atoms with E-state index >= 15 is 0 Å². The predicted octanol–water partition coefficient (Wildman–Crippen LogP) is 1.98. The minimum Gasteiger partial charge on any atom is -0.384 e. The van der Waals surface area contributed by atoms with E-state index in [-0.39, 0.29) is 18.0 Å². The highest BCUT2D eigenvalue weighted by Crippen LogP contribution is 2.32. The van der Waals surface area contributed by atoms with Gasteiger partial charge in [-0.25, -0.2) is 0 Å². The second kappa shape index (κ2) is 7.87. The van der Waals surface area contributed by atoms with Crippen LogP contribution in [0.2, 0.25) is 0 Å². The van der Waals surface area contributed by atoms with Gasteiger partial charge >= 0.3 is 6.18 Å². The van der Waals surface area contributed by atoms with Crippen LogP contribution in [0.4, 0.5) is 13.2 Å². The van der Waals surface area contributed by atoms with Crippen LogP contribution in [0.5, 0.6) is 0 Å². The quantitative estimate of drug-likeness (QED) is 0.658. The number of allylic oxidation sites excluding steroid dienone is 4. The fourth-order valence-corrected chi connectivity index (χ4v) is 1.86. The highest BCUT2D eigenvalue weighted by molar-refractivity contribution is 5.75. The fourth-order valence-electron chi connectivity index (χ4n) is 1.86. The Kier molecular flexibility index (Phi) is 6.48. The molecule has 1 amide bonds. The number of amides is 1. The molecule has 0 heterocycles. The number of carbonyl (C=O) groups excluding carboxylic acids is 1. The number of carbonyl (C=O) groups is 1. The van der Waals surface area contributed by atoms with Crippen molar-refractivity contribution in [2.45, 2.75) is 26.4 Å². The van der Waals surface area contributed by atoms with Crippen LogP contribution in [-0.4, -0.2) is 31.7 Å². The van der Waals surface area contributed by atoms with Crippen molar-refractivity contribution < 1.29 is 18.0 Å². The van der Waals surface area contributed by atoms with E-state index < -0.39 is 11.7 Å². The monoisotopic (exact) mass is 303 g/mol. The van der Waals surface area contributed by atoms with E-state index in [1.54, 1.807) is 0 Å². The zero-order valence-electron chi connectivity index (χ0n) is 12.1. The van der Waals surface area contributed by atoms with Gasteiger partial charge in [-0.05, 0) is 25.1 Å². The van der Waals surface area contributed by atoms with Gasteiger partial charge in [0.2, 0.25) is 5.91 Å². The van der Waals surface area contributed by atoms with Crippen molar-refractivity contribution in [3.63, 3.8) is 0 Å². The summed E-state index contributed by atoms with van der Waals surface area (Å²) in [5, 5.41) is 8.31. The third-order valence-electron chi connectivity index (χ3n) is 2.81. The second-order valence-corrected chi connectivity index (χ2v) is 4.55. The molecule has 0 aromatic carbocycles. The van der Waals surface area contributed by atoms with Gasteiger partial charge in [-0.15, -0.1) is 0 Å². The summed E-state index contributed by atoms with van der Waals surface area (Å²) in [6, 6.07) is 0. The molecule has 21 heavy (non-hydrogen) atoms. The topological polar surface area (TPSA) is 53.2 Å². The van der Waals surface area contributed by atoms with Gasteiger partial charge in [-0.3, -0.25) is 4.79 Å². The molecule has 0 bridgehead atoms. The van der Waals surface area contributed by atoms with E-state index in [1.807, 2.05) is 6.92 Å². The van der Waals surface area contributed by atoms with Crippen LogP contribution in [0.25, 0.3) is 0 Å². The van der Waals surface area contributed by atoms with E-state index in [0.29, 0.717) is 18.8 Å². The summed E-state index contributed by atoms with van der Waals surface area (Å²) in [6.07, 6.45) is -0.512. The molecule has 7 heteroatoms. The van der Waals surface area contributed by atoms with Crippen LogP contribution < -0.4 is 16.0 Å². The van der Waals surface area contributed by atoms with Gasteiger partial charge in [0.15, 0.2) is 0 Å². The third kappa shape index (κ3) is 6.03. The van der Waals surface area contributed by atoms with Gasteiger partial charge in [0, 0.05) is 31.4 Å². The summed E-state index contributed by atoms with van der Waals surface area (Å²) in [4.78, 5) is 11.0. The SMILES string of the molecule is CCNCCNC1=C(C(F)(F)F)CC=C(NC(C)=O)C=C1. The molecule has 0 aromatic heterocycles. The maximum Gasteiger partial charge on any atom is 0.414 e. The fraction of sp³-hybridized carbons (Fsp3) is 0.500. The molecule has 3 N–H and O–H groups in total. The average molecular weight is 303 g/mol. The van der Waals surface area contributed by atoms with Crippen molar-refractivity contribution in [2.75, 3.05) is 19.6 Å². The van der Waals surface area contributed by atoms with Crippen LogP contribution in [0.1, 0.15) is 20.3 Å². The Morgan fingerprint density at radius 3 is 2.57 bits per heavy atom. The van der Waals surface area contributed by atoms with E-state index in [0.717, 1.165) is 6.54 Å². The normalized spacial score (nSPS) is 15.6. The lowest BCUT2D eigenvalue weighted by molar-refractivity contribution is -0.118. The molecule has 0 aromatic rings. The summed E-state index contributed by atoms with van der Waals surface area (Å²) in [5.74, 6) is -0.317. The minimum atomic E-state index is -4.41. The minimum absolute atomic E-state index is 0.0389. The number of hydrogen-bond acceptors (Lipinski definition) is 3. The standard InChI is InChI=1S/C14H20F3N3O/c1-3-18-8-9-19-13-7-5-11(20-10(2)21)4-6-12(13)14(15,16)17/h4-5,7,18-19H,3,6,8-9H2,1-2H3,(H,20,21). The number of nitrogens with one attached hydrogen (secondary N) is 3. The Morgan fingerprint density at radius 2 is 2.00 bits per heavy atom. The number of hydrogen-bond donors (Lipinski definition) is 3. The first kappa shape index (κ1) is 17.3. The summed E-state index contributed by atoms with van der Waals surface area (Å²) >= 11 is 0. The molecule has 118 valence electrons. The molecule has 0 spiro atoms. The summed E-state index contributed by atoms with van der Waals surface area (Å²) < 4.78 is 39.2. The van der Waals surface area contributed by atoms with Crippen molar-refractivity contribution in [1.29, 1.82) is 0 Å². The van der Waals surface area contributed by atoms with E-state index in [4.69, 9.17) is 0 Å². The summed E-state index contributed by atoms with van der Waals surface area (Å²) in [6.45, 7) is 4.97. The Morgan fingerprint density at radius 1 is 1.29 bits per heavy atom. The van der Waals surface area contributed by atoms with Gasteiger partial charge < -0.3 is 16.0 Å². The predicted molar refractivity (Wildman–Crippen MR) is 75.3 cm³/mol. The Bertz CT molecular complexity index is 465. The van der Waals surface area contributed by atoms with E-state index in [2.05, 4.69) is 16.0 Å². The van der Waals surface area contributed by atoms with Gasteiger partial charge in [-0.2, -0.15) is 13.2 Å². The van der Waals surface area contributed by atoms with Crippen molar-refractivity contribution in [3.8, 4) is 0 Å². The zero-order chi connectivity index (χ0) is 15.9. The van der Waals surface area contributed by atoms with Crippen LogP contribution in [0.15, 0.2) is 35.2 Å². The van der Waals surface area contributed by atoms with Crippen molar-refractivity contribution in [2.24, 2.45) is 0 Å². The lowest BCUT2D eigenvalue weighted by Crippen LogP contribution is -2.28. The van der Waals surface area contributed by atoms with E-state index in [1.165, 1.54) is 25.2 Å². The number of rotatable bonds is 6. The molecule has 4 nitrogen and oxygen atoms in total. The lowest BCUT2D eigenvalue weighted by atomic mass is 10.1. The first-order valence-electron chi connectivity index (χ1n) is 6.75. The molecular formula is C14H20F3N3O. The molecule has 0 fully saturated rings. The molecule has 0 unspecified atom stereocenters. The number of alkyl halides is 3. The second-order valence-electron chi connectivity index (χ2n) is 4.55. The van der Waals surface area contributed by atoms with Gasteiger partial charge in [0.05, 0.1) is 5.57 Å². The smallest absolute Gasteiger partial charge is 0.384 e. The lowest BCUT2D eigenvalue weighted by Gasteiger charge is -2.15. The summed E-state index contributed by atoms with van der Waals surface area (Å²) in [7, 11) is 0. The maximum atomic E-state index is 13.1. The van der Waals surface area contributed by atoms with E-state index in [9.17, 15) is 18.0 Å². The van der Waals surface area contributed by atoms with Crippen molar-refractivity contribution >= 4 is 5.91 Å². The van der Waals surface area contributed by atoms with Crippen molar-refractivity contribution in [1.82, 2.24) is 16.0 Å². The largest absolute Gasteiger partial charge is 0.414 e. The number of likely N-dealkylation sites (N-methyl/N-ethyl adjacent to an activating group) is 1. The molecule has 1 rings (SSSR count). The zero-order valence-corrected chi connectivity index (χ0v) is 12.1. The number of halogens is 3. The van der Waals surface area contributed by atoms with Gasteiger partial charge in [0.1, 0.15) is 0 Å². The first-order chi connectivity index (χ1) is 9.84. The average Bonchev–Trinajstić information content (AvgIpc) is 2.56. The molecule has 0 saturated carbocycles. The van der Waals surface area contributed by atoms with Crippen LogP contribution in [-0.2, 0) is 4.79 Å². The first-order valence-corrected chi connectivity index (χ1v) is 6.75.